The molecule has 0 spiro atoms. The summed E-state index contributed by atoms with van der Waals surface area (Å²) in [7, 11) is 0. The molecule has 0 amide bonds. The highest BCUT2D eigenvalue weighted by molar-refractivity contribution is 6.31. The van der Waals surface area contributed by atoms with E-state index in [0.717, 1.165) is 17.5 Å². The molecule has 0 aliphatic rings. The van der Waals surface area contributed by atoms with Crippen molar-refractivity contribution in [3.8, 4) is 0 Å². The number of aryl methyl sites for hydroxylation is 1. The van der Waals surface area contributed by atoms with Gasteiger partial charge in [-0.2, -0.15) is 0 Å². The third-order valence-corrected chi connectivity index (χ3v) is 2.64. The van der Waals surface area contributed by atoms with Crippen molar-refractivity contribution in [2.75, 3.05) is 0 Å². The molecule has 15 heavy (non-hydrogen) atoms. The Hall–Kier alpha value is -1.06. The first kappa shape index (κ1) is 12.0. The van der Waals surface area contributed by atoms with E-state index in [0.29, 0.717) is 5.02 Å². The van der Waals surface area contributed by atoms with Gasteiger partial charge in [0.05, 0.1) is 0 Å². The van der Waals surface area contributed by atoms with Gasteiger partial charge in [-0.3, -0.25) is 4.79 Å². The summed E-state index contributed by atoms with van der Waals surface area (Å²) in [6.45, 7) is 2.03. The number of carboxylic acid groups (broad SMARTS) is 1. The number of carbonyl (C=O) groups is 1. The summed E-state index contributed by atoms with van der Waals surface area (Å²) in [6, 6.07) is 4.72. The minimum Gasteiger partial charge on any atom is -0.480 e. The van der Waals surface area contributed by atoms with Gasteiger partial charge in [0.25, 0.3) is 0 Å². The molecule has 1 aromatic carbocycles. The summed E-state index contributed by atoms with van der Waals surface area (Å²) in [5, 5.41) is 9.27. The monoisotopic (exact) mass is 227 g/mol. The highest BCUT2D eigenvalue weighted by atomic mass is 35.5. The van der Waals surface area contributed by atoms with Gasteiger partial charge in [-0.25, -0.2) is 0 Å². The van der Waals surface area contributed by atoms with Crippen LogP contribution in [0.25, 0.3) is 0 Å². The number of nitrogens with two attached hydrogens (primary N) is 1. The average molecular weight is 228 g/mol. The number of halogens is 1. The molecule has 0 aliphatic carbocycles. The summed E-state index contributed by atoms with van der Waals surface area (Å²) >= 11 is 5.95. The minimum absolute atomic E-state index is 0.266. The molecule has 1 aromatic rings. The van der Waals surface area contributed by atoms with Gasteiger partial charge < -0.3 is 10.8 Å². The Morgan fingerprint density at radius 3 is 2.80 bits per heavy atom. The van der Waals surface area contributed by atoms with Crippen LogP contribution in [0.3, 0.4) is 0 Å². The number of carboxylic acids is 1. The van der Waals surface area contributed by atoms with Crippen molar-refractivity contribution in [3.05, 3.63) is 34.3 Å². The van der Waals surface area contributed by atoms with E-state index >= 15 is 0 Å². The zero-order valence-corrected chi connectivity index (χ0v) is 9.29. The predicted octanol–water partition coefficient (Wildman–Crippen LogP) is 1.86. The van der Waals surface area contributed by atoms with Crippen LogP contribution in [0.5, 0.6) is 0 Å². The normalized spacial score (nSPS) is 12.5. The quantitative estimate of drug-likeness (QED) is 0.825. The predicted molar refractivity (Wildman–Crippen MR) is 60.1 cm³/mol. The van der Waals surface area contributed by atoms with Crippen LogP contribution in [0, 0.1) is 0 Å². The van der Waals surface area contributed by atoms with Gasteiger partial charge in [0.15, 0.2) is 0 Å². The van der Waals surface area contributed by atoms with Crippen molar-refractivity contribution in [2.45, 2.75) is 25.8 Å². The Morgan fingerprint density at radius 1 is 1.60 bits per heavy atom. The van der Waals surface area contributed by atoms with E-state index in [1.54, 1.807) is 6.07 Å². The van der Waals surface area contributed by atoms with E-state index in [9.17, 15) is 4.79 Å². The summed E-state index contributed by atoms with van der Waals surface area (Å²) in [5.74, 6) is -1.01. The summed E-state index contributed by atoms with van der Waals surface area (Å²) in [6.07, 6.45) is 1.16. The lowest BCUT2D eigenvalue weighted by Crippen LogP contribution is -2.32. The zero-order chi connectivity index (χ0) is 11.4. The fourth-order valence-electron chi connectivity index (χ4n) is 1.33. The van der Waals surface area contributed by atoms with E-state index in [-0.39, 0.29) is 6.42 Å². The van der Waals surface area contributed by atoms with Gasteiger partial charge in [-0.1, -0.05) is 30.7 Å². The number of benzene rings is 1. The molecule has 0 bridgehead atoms. The Bertz CT molecular complexity index is 366. The molecule has 4 heteroatoms. The third-order valence-electron chi connectivity index (χ3n) is 2.28. The molecule has 82 valence electrons. The lowest BCUT2D eigenvalue weighted by Gasteiger charge is -2.09. The van der Waals surface area contributed by atoms with E-state index in [1.807, 2.05) is 19.1 Å². The SMILES string of the molecule is CCc1ccc(Cl)c(CC(N)C(=O)O)c1. The van der Waals surface area contributed by atoms with Crippen molar-refractivity contribution in [2.24, 2.45) is 5.73 Å². The largest absolute Gasteiger partial charge is 0.480 e. The van der Waals surface area contributed by atoms with Gasteiger partial charge in [0, 0.05) is 5.02 Å². The molecule has 3 nitrogen and oxygen atoms in total. The van der Waals surface area contributed by atoms with E-state index in [4.69, 9.17) is 22.4 Å². The molecule has 0 aliphatic heterocycles. The maximum Gasteiger partial charge on any atom is 0.320 e. The average Bonchev–Trinajstić information content (AvgIpc) is 2.21. The molecule has 1 rings (SSSR count). The van der Waals surface area contributed by atoms with Gasteiger partial charge in [-0.15, -0.1) is 0 Å². The molecule has 0 saturated carbocycles. The summed E-state index contributed by atoms with van der Waals surface area (Å²) in [4.78, 5) is 10.6. The van der Waals surface area contributed by atoms with Crippen molar-refractivity contribution in [1.82, 2.24) is 0 Å². The Kier molecular flexibility index (Phi) is 4.12. The number of aliphatic carboxylic acids is 1. The minimum atomic E-state index is -1.01. The van der Waals surface area contributed by atoms with E-state index < -0.39 is 12.0 Å². The van der Waals surface area contributed by atoms with Gasteiger partial charge in [0.1, 0.15) is 6.04 Å². The Balaban J connectivity index is 2.88. The smallest absolute Gasteiger partial charge is 0.320 e. The summed E-state index contributed by atoms with van der Waals surface area (Å²) in [5.41, 5.74) is 7.38. The van der Waals surface area contributed by atoms with Crippen LogP contribution in [0.4, 0.5) is 0 Å². The van der Waals surface area contributed by atoms with Crippen molar-refractivity contribution in [3.63, 3.8) is 0 Å². The van der Waals surface area contributed by atoms with E-state index in [2.05, 4.69) is 0 Å². The Labute approximate surface area is 93.9 Å². The van der Waals surface area contributed by atoms with Crippen molar-refractivity contribution < 1.29 is 9.90 Å². The van der Waals surface area contributed by atoms with Crippen LogP contribution in [-0.4, -0.2) is 17.1 Å². The maximum absolute atomic E-state index is 10.6. The first-order valence-corrected chi connectivity index (χ1v) is 5.18. The highest BCUT2D eigenvalue weighted by Crippen LogP contribution is 2.19. The number of hydrogen-bond acceptors (Lipinski definition) is 2. The molecule has 0 fully saturated rings. The first-order chi connectivity index (χ1) is 7.04. The van der Waals surface area contributed by atoms with Crippen LogP contribution in [0.15, 0.2) is 18.2 Å². The van der Waals surface area contributed by atoms with Gasteiger partial charge in [-0.05, 0) is 30.0 Å². The van der Waals surface area contributed by atoms with Crippen LogP contribution < -0.4 is 5.73 Å². The van der Waals surface area contributed by atoms with Crippen LogP contribution in [0.1, 0.15) is 18.1 Å². The third kappa shape index (κ3) is 3.22. The lowest BCUT2D eigenvalue weighted by atomic mass is 10.0. The molecule has 0 heterocycles. The standard InChI is InChI=1S/C11H14ClNO2/c1-2-7-3-4-9(12)8(5-7)6-10(13)11(14)15/h3-5,10H,2,6,13H2,1H3,(H,14,15). The van der Waals surface area contributed by atoms with Crippen LogP contribution >= 0.6 is 11.6 Å². The molecule has 1 unspecified atom stereocenters. The molecule has 0 aromatic heterocycles. The van der Waals surface area contributed by atoms with Gasteiger partial charge >= 0.3 is 5.97 Å². The first-order valence-electron chi connectivity index (χ1n) is 4.80. The number of rotatable bonds is 4. The second kappa shape index (κ2) is 5.14. The lowest BCUT2D eigenvalue weighted by molar-refractivity contribution is -0.138. The second-order valence-corrected chi connectivity index (χ2v) is 3.84. The van der Waals surface area contributed by atoms with Gasteiger partial charge in [0.2, 0.25) is 0 Å². The van der Waals surface area contributed by atoms with Crippen molar-refractivity contribution in [1.29, 1.82) is 0 Å². The molecular formula is C11H14ClNO2. The van der Waals surface area contributed by atoms with Crippen molar-refractivity contribution >= 4 is 17.6 Å². The van der Waals surface area contributed by atoms with E-state index in [1.165, 1.54) is 0 Å². The Morgan fingerprint density at radius 2 is 2.27 bits per heavy atom. The number of hydrogen-bond donors (Lipinski definition) is 2. The zero-order valence-electron chi connectivity index (χ0n) is 8.53. The maximum atomic E-state index is 10.6. The summed E-state index contributed by atoms with van der Waals surface area (Å²) < 4.78 is 0. The molecular weight excluding hydrogens is 214 g/mol. The second-order valence-electron chi connectivity index (χ2n) is 3.43. The fraction of sp³-hybridized carbons (Fsp3) is 0.364. The molecule has 0 saturated heterocycles. The molecule has 1 atom stereocenters. The molecule has 3 N–H and O–H groups in total. The topological polar surface area (TPSA) is 63.3 Å². The fourth-order valence-corrected chi connectivity index (χ4v) is 1.52. The van der Waals surface area contributed by atoms with Crippen LogP contribution in [0.2, 0.25) is 5.02 Å². The molecule has 0 radical (unpaired) electrons. The van der Waals surface area contributed by atoms with Crippen LogP contribution in [-0.2, 0) is 17.6 Å². The highest BCUT2D eigenvalue weighted by Gasteiger charge is 2.14.